The van der Waals surface area contributed by atoms with Crippen LogP contribution in [0.25, 0.3) is 0 Å². The standard InChI is InChI=1S/C14H21N3O3/c15-16-14(19)11-3-5-13(6-4-11)20-9-8-17-7-1-2-12(17)10-18/h3-6,12,18H,1-2,7-10,15H2,(H,16,19). The topological polar surface area (TPSA) is 87.8 Å². The number of carbonyl (C=O) groups is 1. The van der Waals surface area contributed by atoms with E-state index in [0.29, 0.717) is 12.2 Å². The molecule has 1 aliphatic heterocycles. The SMILES string of the molecule is NNC(=O)c1ccc(OCCN2CCCC2CO)cc1. The zero-order valence-electron chi connectivity index (χ0n) is 11.4. The first-order chi connectivity index (χ1) is 9.74. The number of rotatable bonds is 6. The van der Waals surface area contributed by atoms with Gasteiger partial charge in [-0.05, 0) is 43.7 Å². The van der Waals surface area contributed by atoms with Crippen molar-refractivity contribution in [3.05, 3.63) is 29.8 Å². The van der Waals surface area contributed by atoms with Crippen LogP contribution in [0.5, 0.6) is 5.75 Å². The minimum atomic E-state index is -0.320. The van der Waals surface area contributed by atoms with Gasteiger partial charge in [-0.1, -0.05) is 0 Å². The van der Waals surface area contributed by atoms with Crippen LogP contribution in [0.15, 0.2) is 24.3 Å². The molecule has 1 fully saturated rings. The number of ether oxygens (including phenoxy) is 1. The van der Waals surface area contributed by atoms with Crippen molar-refractivity contribution in [2.24, 2.45) is 5.84 Å². The van der Waals surface area contributed by atoms with Gasteiger partial charge in [0.15, 0.2) is 0 Å². The number of likely N-dealkylation sites (tertiary alicyclic amines) is 1. The number of hydrazine groups is 1. The lowest BCUT2D eigenvalue weighted by Crippen LogP contribution is -2.35. The molecule has 0 radical (unpaired) electrons. The van der Waals surface area contributed by atoms with E-state index in [2.05, 4.69) is 10.3 Å². The largest absolute Gasteiger partial charge is 0.492 e. The second kappa shape index (κ2) is 7.23. The Morgan fingerprint density at radius 3 is 2.85 bits per heavy atom. The molecule has 110 valence electrons. The van der Waals surface area contributed by atoms with E-state index in [4.69, 9.17) is 10.6 Å². The maximum atomic E-state index is 11.3. The van der Waals surface area contributed by atoms with E-state index in [1.54, 1.807) is 24.3 Å². The molecule has 1 unspecified atom stereocenters. The van der Waals surface area contributed by atoms with Crippen molar-refractivity contribution in [3.8, 4) is 5.75 Å². The van der Waals surface area contributed by atoms with Crippen LogP contribution in [-0.4, -0.2) is 48.3 Å². The molecule has 0 aromatic heterocycles. The Morgan fingerprint density at radius 2 is 2.20 bits per heavy atom. The molecule has 6 heteroatoms. The van der Waals surface area contributed by atoms with Gasteiger partial charge in [-0.25, -0.2) is 5.84 Å². The lowest BCUT2D eigenvalue weighted by Gasteiger charge is -2.22. The van der Waals surface area contributed by atoms with Gasteiger partial charge in [-0.3, -0.25) is 15.1 Å². The number of hydrogen-bond acceptors (Lipinski definition) is 5. The Balaban J connectivity index is 1.78. The number of hydrogen-bond donors (Lipinski definition) is 3. The van der Waals surface area contributed by atoms with Gasteiger partial charge < -0.3 is 9.84 Å². The zero-order valence-corrected chi connectivity index (χ0v) is 11.4. The predicted octanol–water partition coefficient (Wildman–Crippen LogP) is 0.126. The Morgan fingerprint density at radius 1 is 1.45 bits per heavy atom. The molecule has 0 saturated carbocycles. The predicted molar refractivity (Wildman–Crippen MR) is 75.3 cm³/mol. The molecule has 1 heterocycles. The van der Waals surface area contributed by atoms with Crippen LogP contribution in [0.3, 0.4) is 0 Å². The highest BCUT2D eigenvalue weighted by molar-refractivity contribution is 5.93. The van der Waals surface area contributed by atoms with Crippen LogP contribution in [-0.2, 0) is 0 Å². The van der Waals surface area contributed by atoms with Crippen molar-refractivity contribution in [2.45, 2.75) is 18.9 Å². The molecule has 0 aliphatic carbocycles. The smallest absolute Gasteiger partial charge is 0.265 e. The van der Waals surface area contributed by atoms with E-state index >= 15 is 0 Å². The summed E-state index contributed by atoms with van der Waals surface area (Å²) in [4.78, 5) is 13.5. The molecule has 1 amide bonds. The van der Waals surface area contributed by atoms with E-state index in [1.807, 2.05) is 0 Å². The van der Waals surface area contributed by atoms with Crippen LogP contribution < -0.4 is 16.0 Å². The van der Waals surface area contributed by atoms with Crippen molar-refractivity contribution in [3.63, 3.8) is 0 Å². The average molecular weight is 279 g/mol. The minimum Gasteiger partial charge on any atom is -0.492 e. The van der Waals surface area contributed by atoms with Gasteiger partial charge in [0, 0.05) is 18.2 Å². The minimum absolute atomic E-state index is 0.211. The van der Waals surface area contributed by atoms with Gasteiger partial charge in [-0.2, -0.15) is 0 Å². The number of amides is 1. The highest BCUT2D eigenvalue weighted by Crippen LogP contribution is 2.17. The van der Waals surface area contributed by atoms with E-state index in [0.717, 1.165) is 31.7 Å². The molecule has 1 aromatic carbocycles. The number of nitrogens with zero attached hydrogens (tertiary/aromatic N) is 1. The number of nitrogens with one attached hydrogen (secondary N) is 1. The Kier molecular flexibility index (Phi) is 5.34. The summed E-state index contributed by atoms with van der Waals surface area (Å²) in [7, 11) is 0. The highest BCUT2D eigenvalue weighted by Gasteiger charge is 2.22. The summed E-state index contributed by atoms with van der Waals surface area (Å²) >= 11 is 0. The average Bonchev–Trinajstić information content (AvgIpc) is 2.94. The molecule has 4 N–H and O–H groups in total. The fourth-order valence-corrected chi connectivity index (χ4v) is 2.46. The van der Waals surface area contributed by atoms with Crippen LogP contribution in [0.1, 0.15) is 23.2 Å². The molecule has 6 nitrogen and oxygen atoms in total. The summed E-state index contributed by atoms with van der Waals surface area (Å²) in [6, 6.07) is 7.11. The fraction of sp³-hybridized carbons (Fsp3) is 0.500. The summed E-state index contributed by atoms with van der Waals surface area (Å²) in [6.45, 7) is 2.60. The van der Waals surface area contributed by atoms with Crippen LogP contribution >= 0.6 is 0 Å². The Hall–Kier alpha value is -1.63. The van der Waals surface area contributed by atoms with Crippen LogP contribution in [0.4, 0.5) is 0 Å². The number of aliphatic hydroxyl groups is 1. The van der Waals surface area contributed by atoms with Gasteiger partial charge >= 0.3 is 0 Å². The van der Waals surface area contributed by atoms with Crippen molar-refractivity contribution in [1.29, 1.82) is 0 Å². The molecule has 0 bridgehead atoms. The van der Waals surface area contributed by atoms with E-state index in [1.165, 1.54) is 0 Å². The molecule has 1 aromatic rings. The van der Waals surface area contributed by atoms with Gasteiger partial charge in [-0.15, -0.1) is 0 Å². The Labute approximate surface area is 118 Å². The first kappa shape index (κ1) is 14.8. The van der Waals surface area contributed by atoms with Crippen molar-refractivity contribution in [1.82, 2.24) is 10.3 Å². The zero-order chi connectivity index (χ0) is 14.4. The molecule has 1 aliphatic rings. The molecule has 0 spiro atoms. The third-order valence-corrected chi connectivity index (χ3v) is 3.60. The number of aliphatic hydroxyl groups excluding tert-OH is 1. The van der Waals surface area contributed by atoms with E-state index in [9.17, 15) is 9.90 Å². The van der Waals surface area contributed by atoms with E-state index < -0.39 is 0 Å². The normalized spacial score (nSPS) is 19.0. The first-order valence-electron chi connectivity index (χ1n) is 6.83. The molecule has 2 rings (SSSR count). The molecular weight excluding hydrogens is 258 g/mol. The molecular formula is C14H21N3O3. The number of benzene rings is 1. The summed E-state index contributed by atoms with van der Waals surface area (Å²) in [5, 5.41) is 9.23. The Bertz CT molecular complexity index is 436. The number of carbonyl (C=O) groups excluding carboxylic acids is 1. The lowest BCUT2D eigenvalue weighted by atomic mass is 10.2. The maximum absolute atomic E-state index is 11.3. The van der Waals surface area contributed by atoms with Crippen molar-refractivity contribution >= 4 is 5.91 Å². The summed E-state index contributed by atoms with van der Waals surface area (Å²) < 4.78 is 5.64. The maximum Gasteiger partial charge on any atom is 0.265 e. The van der Waals surface area contributed by atoms with Gasteiger partial charge in [0.2, 0.25) is 0 Å². The third kappa shape index (κ3) is 3.69. The number of nitrogens with two attached hydrogens (primary N) is 1. The monoisotopic (exact) mass is 279 g/mol. The molecule has 1 saturated heterocycles. The van der Waals surface area contributed by atoms with Crippen LogP contribution in [0.2, 0.25) is 0 Å². The summed E-state index contributed by atoms with van der Waals surface area (Å²) in [6.07, 6.45) is 2.19. The van der Waals surface area contributed by atoms with Crippen molar-refractivity contribution in [2.75, 3.05) is 26.3 Å². The quantitative estimate of drug-likeness (QED) is 0.391. The second-order valence-electron chi connectivity index (χ2n) is 4.86. The van der Waals surface area contributed by atoms with Gasteiger partial charge in [0.25, 0.3) is 5.91 Å². The second-order valence-corrected chi connectivity index (χ2v) is 4.86. The molecule has 1 atom stereocenters. The van der Waals surface area contributed by atoms with Crippen molar-refractivity contribution < 1.29 is 14.6 Å². The summed E-state index contributed by atoms with van der Waals surface area (Å²) in [5.41, 5.74) is 2.58. The highest BCUT2D eigenvalue weighted by atomic mass is 16.5. The fourth-order valence-electron chi connectivity index (χ4n) is 2.46. The van der Waals surface area contributed by atoms with Gasteiger partial charge in [0.1, 0.15) is 12.4 Å². The number of nitrogen functional groups attached to an aromatic ring is 1. The molecule has 20 heavy (non-hydrogen) atoms. The summed E-state index contributed by atoms with van der Waals surface area (Å²) in [5.74, 6) is 5.46. The van der Waals surface area contributed by atoms with E-state index in [-0.39, 0.29) is 18.6 Å². The first-order valence-corrected chi connectivity index (χ1v) is 6.83. The van der Waals surface area contributed by atoms with Crippen LogP contribution in [0, 0.1) is 0 Å². The van der Waals surface area contributed by atoms with Gasteiger partial charge in [0.05, 0.1) is 6.61 Å². The lowest BCUT2D eigenvalue weighted by molar-refractivity contribution is 0.0953. The third-order valence-electron chi connectivity index (χ3n) is 3.60.